The van der Waals surface area contributed by atoms with Gasteiger partial charge in [-0.2, -0.15) is 0 Å². The fourth-order valence-electron chi connectivity index (χ4n) is 2.12. The Bertz CT molecular complexity index is 670. The third-order valence-corrected chi connectivity index (χ3v) is 3.24. The lowest BCUT2D eigenvalue weighted by atomic mass is 10.1. The molecule has 0 radical (unpaired) electrons. The molecule has 4 nitrogen and oxygen atoms in total. The van der Waals surface area contributed by atoms with Gasteiger partial charge in [-0.15, -0.1) is 0 Å². The topological polar surface area (TPSA) is 67.2 Å². The molecule has 96 valence electrons. The number of amides is 1. The molecule has 2 aromatic carbocycles. The summed E-state index contributed by atoms with van der Waals surface area (Å²) in [4.78, 5) is 11.3. The fourth-order valence-corrected chi connectivity index (χ4v) is 2.31. The Kier molecular flexibility index (Phi) is 2.80. The summed E-state index contributed by atoms with van der Waals surface area (Å²) < 4.78 is 0. The second kappa shape index (κ2) is 4.48. The van der Waals surface area contributed by atoms with Crippen LogP contribution in [0, 0.1) is 0 Å². The van der Waals surface area contributed by atoms with Crippen LogP contribution >= 0.6 is 11.6 Å². The van der Waals surface area contributed by atoms with Crippen LogP contribution in [0.25, 0.3) is 0 Å². The van der Waals surface area contributed by atoms with E-state index in [0.29, 0.717) is 17.1 Å². The second-order valence-corrected chi connectivity index (χ2v) is 4.89. The van der Waals surface area contributed by atoms with Crippen molar-refractivity contribution in [3.8, 4) is 0 Å². The van der Waals surface area contributed by atoms with Crippen molar-refractivity contribution in [2.75, 3.05) is 16.4 Å². The Morgan fingerprint density at radius 3 is 2.89 bits per heavy atom. The number of nitrogens with one attached hydrogen (secondary N) is 2. The van der Waals surface area contributed by atoms with Gasteiger partial charge >= 0.3 is 0 Å². The van der Waals surface area contributed by atoms with Gasteiger partial charge in [0.25, 0.3) is 0 Å². The van der Waals surface area contributed by atoms with Gasteiger partial charge in [0.2, 0.25) is 5.91 Å². The van der Waals surface area contributed by atoms with Crippen LogP contribution in [0.3, 0.4) is 0 Å². The molecule has 1 aliphatic rings. The number of hydrogen-bond donors (Lipinski definition) is 3. The van der Waals surface area contributed by atoms with E-state index in [1.54, 1.807) is 6.07 Å². The molecule has 0 aliphatic carbocycles. The molecule has 2 aromatic rings. The van der Waals surface area contributed by atoms with Crippen molar-refractivity contribution in [2.24, 2.45) is 0 Å². The first-order valence-electron chi connectivity index (χ1n) is 5.86. The van der Waals surface area contributed by atoms with Gasteiger partial charge in [-0.1, -0.05) is 17.7 Å². The zero-order chi connectivity index (χ0) is 13.4. The number of halogens is 1. The summed E-state index contributed by atoms with van der Waals surface area (Å²) >= 11 is 5.94. The zero-order valence-electron chi connectivity index (χ0n) is 10.0. The zero-order valence-corrected chi connectivity index (χ0v) is 10.8. The molecule has 0 fully saturated rings. The molecule has 0 bridgehead atoms. The summed E-state index contributed by atoms with van der Waals surface area (Å²) in [6.07, 6.45) is 0.386. The monoisotopic (exact) mass is 273 g/mol. The lowest BCUT2D eigenvalue weighted by molar-refractivity contribution is -0.115. The van der Waals surface area contributed by atoms with E-state index in [9.17, 15) is 4.79 Å². The van der Waals surface area contributed by atoms with E-state index < -0.39 is 0 Å². The van der Waals surface area contributed by atoms with Gasteiger partial charge in [-0.25, -0.2) is 0 Å². The molecular formula is C14H12ClN3O. The van der Waals surface area contributed by atoms with Crippen molar-refractivity contribution < 1.29 is 4.79 Å². The fraction of sp³-hybridized carbons (Fsp3) is 0.0714. The summed E-state index contributed by atoms with van der Waals surface area (Å²) in [5.74, 6) is -0.00527. The number of fused-ring (bicyclic) bond motifs is 1. The quantitative estimate of drug-likeness (QED) is 0.736. The Morgan fingerprint density at radius 1 is 1.26 bits per heavy atom. The number of nitrogens with two attached hydrogens (primary N) is 1. The second-order valence-electron chi connectivity index (χ2n) is 4.46. The first-order chi connectivity index (χ1) is 9.11. The van der Waals surface area contributed by atoms with Gasteiger partial charge in [0.15, 0.2) is 0 Å². The number of hydrogen-bond acceptors (Lipinski definition) is 3. The highest BCUT2D eigenvalue weighted by atomic mass is 35.5. The highest BCUT2D eigenvalue weighted by Gasteiger charge is 2.19. The minimum Gasteiger partial charge on any atom is -0.397 e. The van der Waals surface area contributed by atoms with Crippen molar-refractivity contribution in [1.82, 2.24) is 0 Å². The SMILES string of the molecule is Nc1cc2c(cc1Nc1cccc(Cl)c1)NC(=O)C2. The predicted octanol–water partition coefficient (Wildman–Crippen LogP) is 3.16. The highest BCUT2D eigenvalue weighted by Crippen LogP contribution is 2.33. The van der Waals surface area contributed by atoms with Crippen LogP contribution in [0.2, 0.25) is 5.02 Å². The van der Waals surface area contributed by atoms with Crippen LogP contribution < -0.4 is 16.4 Å². The molecule has 0 saturated heterocycles. The molecule has 19 heavy (non-hydrogen) atoms. The van der Waals surface area contributed by atoms with Crippen LogP contribution in [-0.4, -0.2) is 5.91 Å². The minimum atomic E-state index is -0.00527. The highest BCUT2D eigenvalue weighted by molar-refractivity contribution is 6.30. The van der Waals surface area contributed by atoms with Crippen LogP contribution in [0.5, 0.6) is 0 Å². The molecule has 3 rings (SSSR count). The lowest BCUT2D eigenvalue weighted by Crippen LogP contribution is -2.03. The molecule has 0 saturated carbocycles. The largest absolute Gasteiger partial charge is 0.397 e. The summed E-state index contributed by atoms with van der Waals surface area (Å²) in [5, 5.41) is 6.65. The van der Waals surface area contributed by atoms with E-state index in [1.165, 1.54) is 0 Å². The molecule has 0 atom stereocenters. The Labute approximate surface area is 115 Å². The first kappa shape index (κ1) is 11.9. The average Bonchev–Trinajstić information content (AvgIpc) is 2.69. The number of anilines is 4. The normalized spacial score (nSPS) is 13.0. The molecule has 0 spiro atoms. The average molecular weight is 274 g/mol. The van der Waals surface area contributed by atoms with Gasteiger partial charge in [0.05, 0.1) is 17.8 Å². The number of nitrogen functional groups attached to an aromatic ring is 1. The molecule has 1 heterocycles. The van der Waals surface area contributed by atoms with Crippen LogP contribution in [0.15, 0.2) is 36.4 Å². The Balaban J connectivity index is 1.94. The molecule has 0 unspecified atom stereocenters. The van der Waals surface area contributed by atoms with E-state index in [-0.39, 0.29) is 5.91 Å². The van der Waals surface area contributed by atoms with Crippen molar-refractivity contribution in [2.45, 2.75) is 6.42 Å². The van der Waals surface area contributed by atoms with E-state index in [1.807, 2.05) is 30.3 Å². The van der Waals surface area contributed by atoms with Crippen molar-refractivity contribution >= 4 is 40.3 Å². The molecule has 0 aromatic heterocycles. The summed E-state index contributed by atoms with van der Waals surface area (Å²) in [7, 11) is 0. The maximum Gasteiger partial charge on any atom is 0.228 e. The van der Waals surface area contributed by atoms with Crippen molar-refractivity contribution in [3.05, 3.63) is 47.0 Å². The Morgan fingerprint density at radius 2 is 2.11 bits per heavy atom. The van der Waals surface area contributed by atoms with Gasteiger partial charge in [-0.05, 0) is 35.9 Å². The number of benzene rings is 2. The molecular weight excluding hydrogens is 262 g/mol. The number of carbonyl (C=O) groups excluding carboxylic acids is 1. The number of rotatable bonds is 2. The predicted molar refractivity (Wildman–Crippen MR) is 77.9 cm³/mol. The number of carbonyl (C=O) groups is 1. The lowest BCUT2D eigenvalue weighted by Gasteiger charge is -2.11. The van der Waals surface area contributed by atoms with Crippen LogP contribution in [0.4, 0.5) is 22.7 Å². The maximum atomic E-state index is 11.3. The van der Waals surface area contributed by atoms with E-state index in [0.717, 1.165) is 22.6 Å². The smallest absolute Gasteiger partial charge is 0.228 e. The minimum absolute atomic E-state index is 0.00527. The van der Waals surface area contributed by atoms with Gasteiger partial charge < -0.3 is 16.4 Å². The van der Waals surface area contributed by atoms with Crippen LogP contribution in [-0.2, 0) is 11.2 Å². The van der Waals surface area contributed by atoms with E-state index in [4.69, 9.17) is 17.3 Å². The third kappa shape index (κ3) is 2.35. The summed E-state index contributed by atoms with van der Waals surface area (Å²) in [6.45, 7) is 0. The van der Waals surface area contributed by atoms with E-state index >= 15 is 0 Å². The summed E-state index contributed by atoms with van der Waals surface area (Å²) in [5.41, 5.74) is 9.94. The maximum absolute atomic E-state index is 11.3. The van der Waals surface area contributed by atoms with Gasteiger partial charge in [0, 0.05) is 16.4 Å². The summed E-state index contributed by atoms with van der Waals surface area (Å²) in [6, 6.07) is 11.0. The van der Waals surface area contributed by atoms with Gasteiger partial charge in [-0.3, -0.25) is 4.79 Å². The van der Waals surface area contributed by atoms with Crippen LogP contribution in [0.1, 0.15) is 5.56 Å². The molecule has 1 aliphatic heterocycles. The standard InChI is InChI=1S/C14H12ClN3O/c15-9-2-1-3-10(6-9)17-13-7-12-8(4-11(13)16)5-14(19)18-12/h1-4,6-7,17H,5,16H2,(H,18,19). The van der Waals surface area contributed by atoms with E-state index in [2.05, 4.69) is 10.6 Å². The first-order valence-corrected chi connectivity index (χ1v) is 6.24. The molecule has 5 heteroatoms. The molecule has 1 amide bonds. The third-order valence-electron chi connectivity index (χ3n) is 3.00. The van der Waals surface area contributed by atoms with Crippen molar-refractivity contribution in [3.63, 3.8) is 0 Å². The van der Waals surface area contributed by atoms with Gasteiger partial charge in [0.1, 0.15) is 0 Å². The Hall–Kier alpha value is -2.20. The van der Waals surface area contributed by atoms with Crippen molar-refractivity contribution in [1.29, 1.82) is 0 Å². The molecule has 4 N–H and O–H groups in total.